The van der Waals surface area contributed by atoms with Crippen molar-refractivity contribution in [3.05, 3.63) is 47.5 Å². The van der Waals surface area contributed by atoms with Gasteiger partial charge in [-0.15, -0.1) is 0 Å². The van der Waals surface area contributed by atoms with Crippen LogP contribution in [0, 0.1) is 0 Å². The number of fused-ring (bicyclic) bond motifs is 2. The summed E-state index contributed by atoms with van der Waals surface area (Å²) >= 11 is 0. The van der Waals surface area contributed by atoms with Gasteiger partial charge in [-0.25, -0.2) is 0 Å². The van der Waals surface area contributed by atoms with Gasteiger partial charge in [0, 0.05) is 29.8 Å². The molecule has 4 nitrogen and oxygen atoms in total. The average molecular weight is 290 g/mol. The molecule has 0 amide bonds. The van der Waals surface area contributed by atoms with Crippen LogP contribution in [0.4, 0.5) is 5.69 Å². The largest absolute Gasteiger partial charge is 0.370 e. The molecule has 1 aromatic heterocycles. The Bertz CT molecular complexity index is 920. The molecule has 1 saturated heterocycles. The first kappa shape index (κ1) is 12.0. The Hall–Kier alpha value is -2.62. The lowest BCUT2D eigenvalue weighted by Gasteiger charge is -2.19. The van der Waals surface area contributed by atoms with Gasteiger partial charge in [-0.2, -0.15) is 0 Å². The molecule has 0 unspecified atom stereocenters. The van der Waals surface area contributed by atoms with E-state index in [1.54, 1.807) is 0 Å². The lowest BCUT2D eigenvalue weighted by Crippen LogP contribution is -2.18. The quantitative estimate of drug-likeness (QED) is 0.537. The summed E-state index contributed by atoms with van der Waals surface area (Å²) in [7, 11) is 0. The van der Waals surface area contributed by atoms with E-state index in [4.69, 9.17) is 4.52 Å². The fraction of sp³-hybridized carbons (Fsp3) is 0.222. The third-order valence-corrected chi connectivity index (χ3v) is 4.72. The lowest BCUT2D eigenvalue weighted by molar-refractivity contribution is 0.104. The molecule has 2 aliphatic rings. The van der Waals surface area contributed by atoms with Crippen molar-refractivity contribution in [1.29, 1.82) is 0 Å². The number of aromatic nitrogens is 1. The minimum absolute atomic E-state index is 0.0595. The van der Waals surface area contributed by atoms with Crippen LogP contribution in [0.2, 0.25) is 0 Å². The van der Waals surface area contributed by atoms with Crippen LogP contribution in [0.1, 0.15) is 28.8 Å². The van der Waals surface area contributed by atoms with Crippen molar-refractivity contribution >= 4 is 22.4 Å². The van der Waals surface area contributed by atoms with Crippen molar-refractivity contribution in [1.82, 2.24) is 5.16 Å². The smallest absolute Gasteiger partial charge is 0.194 e. The third kappa shape index (κ3) is 1.42. The monoisotopic (exact) mass is 290 g/mol. The van der Waals surface area contributed by atoms with Crippen LogP contribution < -0.4 is 4.90 Å². The maximum Gasteiger partial charge on any atom is 0.194 e. The summed E-state index contributed by atoms with van der Waals surface area (Å²) < 4.78 is 5.64. The Balaban J connectivity index is 1.84. The molecule has 3 aromatic rings. The van der Waals surface area contributed by atoms with E-state index in [1.165, 1.54) is 12.8 Å². The summed E-state index contributed by atoms with van der Waals surface area (Å²) in [5.74, 6) is 0.783. The zero-order valence-corrected chi connectivity index (χ0v) is 12.0. The van der Waals surface area contributed by atoms with Gasteiger partial charge in [-0.3, -0.25) is 4.79 Å². The molecule has 0 N–H and O–H groups in total. The number of carbonyl (C=O) groups is 1. The Morgan fingerprint density at radius 3 is 2.55 bits per heavy atom. The number of nitrogens with zero attached hydrogens (tertiary/aromatic N) is 2. The molecule has 1 fully saturated rings. The van der Waals surface area contributed by atoms with Gasteiger partial charge in [0.25, 0.3) is 0 Å². The van der Waals surface area contributed by atoms with E-state index in [0.717, 1.165) is 41.0 Å². The van der Waals surface area contributed by atoms with Crippen molar-refractivity contribution in [2.24, 2.45) is 0 Å². The standard InChI is InChI=1S/C18H14N2O2/c21-17-11-5-1-2-6-12(11)18-15-13(17)7-8-14(16(15)19-22-18)20-9-3-4-10-20/h1-2,5-8H,3-4,9-10H2. The minimum Gasteiger partial charge on any atom is -0.370 e. The lowest BCUT2D eigenvalue weighted by atomic mass is 9.87. The van der Waals surface area contributed by atoms with Gasteiger partial charge >= 0.3 is 0 Å². The number of carbonyl (C=O) groups excluding carboxylic acids is 1. The second kappa shape index (κ2) is 4.19. The molecular formula is C18H14N2O2. The molecule has 0 saturated carbocycles. The van der Waals surface area contributed by atoms with Crippen molar-refractivity contribution in [2.45, 2.75) is 12.8 Å². The molecular weight excluding hydrogens is 276 g/mol. The second-order valence-electron chi connectivity index (χ2n) is 5.94. The Labute approximate surface area is 127 Å². The van der Waals surface area contributed by atoms with Gasteiger partial charge < -0.3 is 9.42 Å². The summed E-state index contributed by atoms with van der Waals surface area (Å²) in [4.78, 5) is 15.1. The average Bonchev–Trinajstić information content (AvgIpc) is 3.23. The van der Waals surface area contributed by atoms with Crippen molar-refractivity contribution < 1.29 is 9.32 Å². The SMILES string of the molecule is O=C1c2ccccc2-c2onc3c(N4CCCC4)ccc1c23. The van der Waals surface area contributed by atoms with Crippen LogP contribution in [-0.4, -0.2) is 24.0 Å². The maximum absolute atomic E-state index is 12.7. The van der Waals surface area contributed by atoms with Crippen LogP contribution in [0.5, 0.6) is 0 Å². The fourth-order valence-corrected chi connectivity index (χ4v) is 3.65. The third-order valence-electron chi connectivity index (χ3n) is 4.72. The predicted molar refractivity (Wildman–Crippen MR) is 84.3 cm³/mol. The summed E-state index contributed by atoms with van der Waals surface area (Å²) in [5, 5.41) is 5.17. The zero-order valence-electron chi connectivity index (χ0n) is 12.0. The van der Waals surface area contributed by atoms with Crippen molar-refractivity contribution in [2.75, 3.05) is 18.0 Å². The van der Waals surface area contributed by atoms with Gasteiger partial charge in [0.15, 0.2) is 11.5 Å². The first-order chi connectivity index (χ1) is 10.8. The Morgan fingerprint density at radius 1 is 0.955 bits per heavy atom. The van der Waals surface area contributed by atoms with E-state index in [-0.39, 0.29) is 5.78 Å². The molecule has 0 bridgehead atoms. The molecule has 4 heteroatoms. The van der Waals surface area contributed by atoms with Gasteiger partial charge in [0.1, 0.15) is 5.52 Å². The number of anilines is 1. The van der Waals surface area contributed by atoms with Crippen LogP contribution in [-0.2, 0) is 0 Å². The molecule has 5 rings (SSSR count). The molecule has 108 valence electrons. The molecule has 0 atom stereocenters. The first-order valence-electron chi connectivity index (χ1n) is 7.66. The van der Waals surface area contributed by atoms with Crippen molar-refractivity contribution in [3.8, 4) is 11.3 Å². The highest BCUT2D eigenvalue weighted by molar-refractivity contribution is 6.25. The Morgan fingerprint density at radius 2 is 1.73 bits per heavy atom. The highest BCUT2D eigenvalue weighted by Crippen LogP contribution is 2.42. The van der Waals surface area contributed by atoms with Gasteiger partial charge in [-0.1, -0.05) is 29.4 Å². The number of hydrogen-bond donors (Lipinski definition) is 0. The van der Waals surface area contributed by atoms with Gasteiger partial charge in [0.2, 0.25) is 0 Å². The molecule has 2 aromatic carbocycles. The molecule has 0 radical (unpaired) electrons. The minimum atomic E-state index is 0.0595. The number of rotatable bonds is 1. The predicted octanol–water partition coefficient (Wildman–Crippen LogP) is 3.64. The molecule has 0 spiro atoms. The van der Waals surface area contributed by atoms with Crippen LogP contribution in [0.15, 0.2) is 40.9 Å². The van der Waals surface area contributed by atoms with E-state index >= 15 is 0 Å². The fourth-order valence-electron chi connectivity index (χ4n) is 3.65. The Kier molecular flexibility index (Phi) is 2.28. The molecule has 22 heavy (non-hydrogen) atoms. The number of ketones is 1. The highest BCUT2D eigenvalue weighted by Gasteiger charge is 2.30. The number of hydrogen-bond acceptors (Lipinski definition) is 4. The number of benzene rings is 2. The van der Waals surface area contributed by atoms with E-state index in [0.29, 0.717) is 11.1 Å². The summed E-state index contributed by atoms with van der Waals surface area (Å²) in [6, 6.07) is 11.5. The van der Waals surface area contributed by atoms with Crippen LogP contribution >= 0.6 is 0 Å². The van der Waals surface area contributed by atoms with Gasteiger partial charge in [0.05, 0.1) is 11.1 Å². The van der Waals surface area contributed by atoms with E-state index in [1.807, 2.05) is 36.4 Å². The van der Waals surface area contributed by atoms with Gasteiger partial charge in [-0.05, 0) is 25.0 Å². The van der Waals surface area contributed by atoms with Crippen molar-refractivity contribution in [3.63, 3.8) is 0 Å². The topological polar surface area (TPSA) is 46.3 Å². The second-order valence-corrected chi connectivity index (χ2v) is 5.94. The van der Waals surface area contributed by atoms with E-state index in [9.17, 15) is 4.79 Å². The first-order valence-corrected chi connectivity index (χ1v) is 7.66. The zero-order chi connectivity index (χ0) is 14.7. The maximum atomic E-state index is 12.7. The summed E-state index contributed by atoms with van der Waals surface area (Å²) in [6.07, 6.45) is 2.41. The summed E-state index contributed by atoms with van der Waals surface area (Å²) in [6.45, 7) is 2.09. The molecule has 1 aliphatic heterocycles. The highest BCUT2D eigenvalue weighted by atomic mass is 16.5. The summed E-state index contributed by atoms with van der Waals surface area (Å²) in [5.41, 5.74) is 4.15. The van der Waals surface area contributed by atoms with E-state index in [2.05, 4.69) is 10.1 Å². The molecule has 2 heterocycles. The normalized spacial score (nSPS) is 16.4. The van der Waals surface area contributed by atoms with Crippen LogP contribution in [0.3, 0.4) is 0 Å². The van der Waals surface area contributed by atoms with Crippen LogP contribution in [0.25, 0.3) is 22.2 Å². The van der Waals surface area contributed by atoms with E-state index < -0.39 is 0 Å². The molecule has 1 aliphatic carbocycles.